The van der Waals surface area contributed by atoms with E-state index in [9.17, 15) is 4.79 Å². The van der Waals surface area contributed by atoms with Crippen LogP contribution >= 0.6 is 0 Å². The van der Waals surface area contributed by atoms with Crippen LogP contribution in [0.4, 0.5) is 0 Å². The lowest BCUT2D eigenvalue weighted by atomic mass is 9.95. The molecule has 0 rings (SSSR count). The summed E-state index contributed by atoms with van der Waals surface area (Å²) >= 11 is 0. The van der Waals surface area contributed by atoms with Crippen molar-refractivity contribution in [1.29, 1.82) is 0 Å². The second-order valence-corrected chi connectivity index (χ2v) is 3.54. The van der Waals surface area contributed by atoms with E-state index in [0.717, 1.165) is 6.42 Å². The Hall–Kier alpha value is -0.370. The highest BCUT2D eigenvalue weighted by Gasteiger charge is 2.12. The monoisotopic (exact) mass is 157 g/mol. The number of nitrogens with two attached hydrogens (primary N) is 1. The van der Waals surface area contributed by atoms with E-state index in [1.807, 2.05) is 6.92 Å². The third-order valence-electron chi connectivity index (χ3n) is 1.76. The smallest absolute Gasteiger partial charge is 0.136 e. The summed E-state index contributed by atoms with van der Waals surface area (Å²) in [4.78, 5) is 11.3. The van der Waals surface area contributed by atoms with Crippen molar-refractivity contribution in [3.63, 3.8) is 0 Å². The van der Waals surface area contributed by atoms with Crippen LogP contribution in [0.3, 0.4) is 0 Å². The summed E-state index contributed by atoms with van der Waals surface area (Å²) in [6.45, 7) is 6.70. The zero-order chi connectivity index (χ0) is 8.85. The second kappa shape index (κ2) is 5.30. The lowest BCUT2D eigenvalue weighted by Gasteiger charge is -2.09. The quantitative estimate of drug-likeness (QED) is 0.658. The Bertz CT molecular complexity index is 121. The van der Waals surface area contributed by atoms with Gasteiger partial charge in [-0.3, -0.25) is 4.79 Å². The Kier molecular flexibility index (Phi) is 5.12. The standard InChI is InChI=1S/C9H19NO/c1-7(2)6-9(11)8(3)4-5-10/h7-8H,4-6,10H2,1-3H3. The fraction of sp³-hybridized carbons (Fsp3) is 0.889. The lowest BCUT2D eigenvalue weighted by Crippen LogP contribution is -2.16. The van der Waals surface area contributed by atoms with Gasteiger partial charge in [0, 0.05) is 12.3 Å². The zero-order valence-corrected chi connectivity index (χ0v) is 7.76. The van der Waals surface area contributed by atoms with Gasteiger partial charge in [-0.25, -0.2) is 0 Å². The molecule has 0 heterocycles. The van der Waals surface area contributed by atoms with Gasteiger partial charge in [0.2, 0.25) is 0 Å². The minimum Gasteiger partial charge on any atom is -0.330 e. The molecular formula is C9H19NO. The molecule has 0 amide bonds. The lowest BCUT2D eigenvalue weighted by molar-refractivity contribution is -0.123. The van der Waals surface area contributed by atoms with E-state index in [0.29, 0.717) is 24.7 Å². The van der Waals surface area contributed by atoms with Crippen molar-refractivity contribution in [3.8, 4) is 0 Å². The van der Waals surface area contributed by atoms with E-state index in [-0.39, 0.29) is 5.92 Å². The van der Waals surface area contributed by atoms with Gasteiger partial charge in [0.25, 0.3) is 0 Å². The molecule has 1 unspecified atom stereocenters. The van der Waals surface area contributed by atoms with Gasteiger partial charge in [-0.2, -0.15) is 0 Å². The molecule has 0 radical (unpaired) electrons. The summed E-state index contributed by atoms with van der Waals surface area (Å²) in [5, 5.41) is 0. The molecule has 1 atom stereocenters. The molecule has 66 valence electrons. The van der Waals surface area contributed by atoms with Crippen molar-refractivity contribution in [1.82, 2.24) is 0 Å². The number of carbonyl (C=O) groups excluding carboxylic acids is 1. The Balaban J connectivity index is 3.64. The average molecular weight is 157 g/mol. The Labute approximate surface area is 69.2 Å². The number of Topliss-reactive ketones (excluding diaryl/α,β-unsaturated/α-hetero) is 1. The minimum absolute atomic E-state index is 0.155. The van der Waals surface area contributed by atoms with E-state index in [4.69, 9.17) is 5.73 Å². The summed E-state index contributed by atoms with van der Waals surface area (Å²) < 4.78 is 0. The Morgan fingerprint density at radius 1 is 1.36 bits per heavy atom. The number of hydrogen-bond donors (Lipinski definition) is 1. The van der Waals surface area contributed by atoms with E-state index in [2.05, 4.69) is 13.8 Å². The van der Waals surface area contributed by atoms with Gasteiger partial charge in [-0.05, 0) is 18.9 Å². The van der Waals surface area contributed by atoms with Crippen molar-refractivity contribution in [3.05, 3.63) is 0 Å². The van der Waals surface area contributed by atoms with Crippen LogP contribution < -0.4 is 5.73 Å². The maximum atomic E-state index is 11.3. The predicted molar refractivity (Wildman–Crippen MR) is 47.3 cm³/mol. The molecule has 0 aromatic carbocycles. The highest BCUT2D eigenvalue weighted by atomic mass is 16.1. The van der Waals surface area contributed by atoms with Crippen LogP contribution in [0, 0.1) is 11.8 Å². The number of carbonyl (C=O) groups is 1. The van der Waals surface area contributed by atoms with E-state index in [1.54, 1.807) is 0 Å². The van der Waals surface area contributed by atoms with Crippen LogP contribution in [0.15, 0.2) is 0 Å². The fourth-order valence-corrected chi connectivity index (χ4v) is 1.01. The molecule has 0 saturated heterocycles. The van der Waals surface area contributed by atoms with Gasteiger partial charge < -0.3 is 5.73 Å². The second-order valence-electron chi connectivity index (χ2n) is 3.54. The van der Waals surface area contributed by atoms with Gasteiger partial charge in [0.05, 0.1) is 0 Å². The van der Waals surface area contributed by atoms with Crippen molar-refractivity contribution in [2.45, 2.75) is 33.6 Å². The summed E-state index contributed by atoms with van der Waals surface area (Å²) in [7, 11) is 0. The molecule has 0 aliphatic carbocycles. The largest absolute Gasteiger partial charge is 0.330 e. The van der Waals surface area contributed by atoms with Gasteiger partial charge in [0.15, 0.2) is 0 Å². The van der Waals surface area contributed by atoms with Crippen LogP contribution in [-0.4, -0.2) is 12.3 Å². The van der Waals surface area contributed by atoms with Crippen LogP contribution in [0.2, 0.25) is 0 Å². The first-order valence-electron chi connectivity index (χ1n) is 4.30. The molecule has 0 aromatic heterocycles. The first kappa shape index (κ1) is 10.6. The van der Waals surface area contributed by atoms with Crippen LogP contribution in [0.5, 0.6) is 0 Å². The molecule has 0 bridgehead atoms. The average Bonchev–Trinajstić information content (AvgIpc) is 1.86. The summed E-state index contributed by atoms with van der Waals surface area (Å²) in [5.41, 5.74) is 5.35. The first-order valence-corrected chi connectivity index (χ1v) is 4.30. The van der Waals surface area contributed by atoms with Crippen molar-refractivity contribution < 1.29 is 4.79 Å². The van der Waals surface area contributed by atoms with E-state index >= 15 is 0 Å². The van der Waals surface area contributed by atoms with Crippen LogP contribution in [0.25, 0.3) is 0 Å². The summed E-state index contributed by atoms with van der Waals surface area (Å²) in [6, 6.07) is 0. The molecule has 0 aliphatic rings. The molecular weight excluding hydrogens is 138 g/mol. The van der Waals surface area contributed by atoms with Gasteiger partial charge in [-0.1, -0.05) is 20.8 Å². The molecule has 0 saturated carbocycles. The van der Waals surface area contributed by atoms with E-state index in [1.165, 1.54) is 0 Å². The maximum absolute atomic E-state index is 11.3. The summed E-state index contributed by atoms with van der Waals surface area (Å²) in [6.07, 6.45) is 1.52. The van der Waals surface area contributed by atoms with Gasteiger partial charge in [-0.15, -0.1) is 0 Å². The minimum atomic E-state index is 0.155. The molecule has 0 aromatic rings. The topological polar surface area (TPSA) is 43.1 Å². The van der Waals surface area contributed by atoms with Crippen LogP contribution in [-0.2, 0) is 4.79 Å². The normalized spacial score (nSPS) is 13.5. The Morgan fingerprint density at radius 3 is 2.27 bits per heavy atom. The molecule has 2 N–H and O–H groups in total. The van der Waals surface area contributed by atoms with Gasteiger partial charge in [0.1, 0.15) is 5.78 Å². The maximum Gasteiger partial charge on any atom is 0.136 e. The highest BCUT2D eigenvalue weighted by molar-refractivity contribution is 5.80. The number of rotatable bonds is 5. The molecule has 0 fully saturated rings. The van der Waals surface area contributed by atoms with E-state index < -0.39 is 0 Å². The van der Waals surface area contributed by atoms with Crippen molar-refractivity contribution in [2.75, 3.05) is 6.54 Å². The van der Waals surface area contributed by atoms with Crippen molar-refractivity contribution >= 4 is 5.78 Å². The molecule has 2 nitrogen and oxygen atoms in total. The van der Waals surface area contributed by atoms with Gasteiger partial charge >= 0.3 is 0 Å². The number of hydrogen-bond acceptors (Lipinski definition) is 2. The molecule has 0 aliphatic heterocycles. The number of ketones is 1. The third-order valence-corrected chi connectivity index (χ3v) is 1.76. The van der Waals surface area contributed by atoms with Crippen LogP contribution in [0.1, 0.15) is 33.6 Å². The molecule has 0 spiro atoms. The predicted octanol–water partition coefficient (Wildman–Crippen LogP) is 1.59. The zero-order valence-electron chi connectivity index (χ0n) is 7.76. The summed E-state index contributed by atoms with van der Waals surface area (Å²) in [5.74, 6) is 0.982. The highest BCUT2D eigenvalue weighted by Crippen LogP contribution is 2.09. The molecule has 2 heteroatoms. The first-order chi connectivity index (χ1) is 5.07. The SMILES string of the molecule is CC(C)CC(=O)C(C)CCN. The Morgan fingerprint density at radius 2 is 1.91 bits per heavy atom. The fourth-order valence-electron chi connectivity index (χ4n) is 1.01. The third kappa shape index (κ3) is 4.96. The molecule has 11 heavy (non-hydrogen) atoms. The van der Waals surface area contributed by atoms with Crippen molar-refractivity contribution in [2.24, 2.45) is 17.6 Å².